The van der Waals surface area contributed by atoms with Gasteiger partial charge in [0.2, 0.25) is 0 Å². The molecule has 0 bridgehead atoms. The fraction of sp³-hybridized carbons (Fsp3) is 0.649. The van der Waals surface area contributed by atoms with Crippen molar-refractivity contribution in [1.29, 1.82) is 0 Å². The molecule has 1 rings (SSSR count). The Bertz CT molecular complexity index is 1350. The lowest BCUT2D eigenvalue weighted by Crippen LogP contribution is -2.41. The average molecular weight is 888 g/mol. The van der Waals surface area contributed by atoms with E-state index >= 15 is 0 Å². The zero-order valence-corrected chi connectivity index (χ0v) is 34.4. The summed E-state index contributed by atoms with van der Waals surface area (Å²) in [7, 11) is 0. The SMILES string of the molecule is CC(COC(=O)OCCCO)(COC(=O)OCC(COC(=O)OCC(C)(COC(=O)OCCCO)C(=O)OCCCCl)C(=O)OCc1ccccc1)C(=O)OCCCCl. The highest BCUT2D eigenvalue weighted by molar-refractivity contribution is 6.18. The van der Waals surface area contributed by atoms with Crippen LogP contribution in [0.15, 0.2) is 30.3 Å². The van der Waals surface area contributed by atoms with Crippen LogP contribution in [-0.4, -0.2) is 144 Å². The van der Waals surface area contributed by atoms with Gasteiger partial charge < -0.3 is 62.3 Å². The van der Waals surface area contributed by atoms with Crippen molar-refractivity contribution in [2.45, 2.75) is 46.1 Å². The monoisotopic (exact) mass is 886 g/mol. The molecule has 59 heavy (non-hydrogen) atoms. The molecule has 1 aromatic carbocycles. The van der Waals surface area contributed by atoms with Gasteiger partial charge in [0.15, 0.2) is 0 Å². The molecule has 0 heterocycles. The average Bonchev–Trinajstić information content (AvgIpc) is 3.23. The molecular weight excluding hydrogens is 835 g/mol. The second-order valence-corrected chi connectivity index (χ2v) is 13.7. The van der Waals surface area contributed by atoms with Crippen LogP contribution in [0.25, 0.3) is 0 Å². The quantitative estimate of drug-likeness (QED) is 0.0497. The van der Waals surface area contributed by atoms with E-state index in [1.807, 2.05) is 0 Å². The van der Waals surface area contributed by atoms with Crippen molar-refractivity contribution in [3.05, 3.63) is 35.9 Å². The van der Waals surface area contributed by atoms with Gasteiger partial charge in [0.25, 0.3) is 0 Å². The molecule has 0 spiro atoms. The van der Waals surface area contributed by atoms with Gasteiger partial charge in [0, 0.05) is 37.8 Å². The van der Waals surface area contributed by atoms with Crippen LogP contribution < -0.4 is 0 Å². The number of aliphatic hydroxyl groups excluding tert-OH is 2. The number of alkyl halides is 2. The van der Waals surface area contributed by atoms with Gasteiger partial charge in [0.1, 0.15) is 63.0 Å². The van der Waals surface area contributed by atoms with E-state index in [9.17, 15) is 33.6 Å². The van der Waals surface area contributed by atoms with E-state index in [4.69, 9.17) is 85.5 Å². The minimum atomic E-state index is -1.77. The first-order valence-corrected chi connectivity index (χ1v) is 19.4. The Morgan fingerprint density at radius 2 is 0.898 bits per heavy atom. The van der Waals surface area contributed by atoms with E-state index in [0.29, 0.717) is 18.4 Å². The van der Waals surface area contributed by atoms with Crippen molar-refractivity contribution in [1.82, 2.24) is 0 Å². The van der Waals surface area contributed by atoms with Crippen molar-refractivity contribution in [3.63, 3.8) is 0 Å². The van der Waals surface area contributed by atoms with Crippen molar-refractivity contribution < 1.29 is 95.9 Å². The molecule has 1 aromatic rings. The maximum atomic E-state index is 13.1. The van der Waals surface area contributed by atoms with E-state index in [2.05, 4.69) is 0 Å². The molecule has 0 radical (unpaired) electrons. The zero-order valence-electron chi connectivity index (χ0n) is 32.9. The third-order valence-corrected chi connectivity index (χ3v) is 7.98. The molecule has 0 aliphatic heterocycles. The van der Waals surface area contributed by atoms with Gasteiger partial charge in [-0.15, -0.1) is 23.2 Å². The lowest BCUT2D eigenvalue weighted by Gasteiger charge is -2.26. The van der Waals surface area contributed by atoms with Crippen LogP contribution in [0.4, 0.5) is 19.2 Å². The van der Waals surface area contributed by atoms with Crippen molar-refractivity contribution in [2.24, 2.45) is 16.7 Å². The van der Waals surface area contributed by atoms with Crippen LogP contribution in [0, 0.1) is 16.7 Å². The maximum Gasteiger partial charge on any atom is 0.508 e. The van der Waals surface area contributed by atoms with Gasteiger partial charge in [-0.1, -0.05) is 30.3 Å². The minimum Gasteiger partial charge on any atom is -0.465 e. The molecule has 0 fully saturated rings. The summed E-state index contributed by atoms with van der Waals surface area (Å²) >= 11 is 11.3. The van der Waals surface area contributed by atoms with Crippen LogP contribution in [0.5, 0.6) is 0 Å². The number of ether oxygens (including phenoxy) is 11. The van der Waals surface area contributed by atoms with Crippen LogP contribution in [0.2, 0.25) is 0 Å². The Hall–Kier alpha value is -4.79. The van der Waals surface area contributed by atoms with Crippen LogP contribution in [-0.2, 0) is 73.1 Å². The Balaban J connectivity index is 3.00. The molecular formula is C37H52Cl2O20. The lowest BCUT2D eigenvalue weighted by molar-refractivity contribution is -0.162. The fourth-order valence-electron chi connectivity index (χ4n) is 3.95. The number of carbonyl (C=O) groups is 7. The summed E-state index contributed by atoms with van der Waals surface area (Å²) in [6.45, 7) is -2.99. The number of rotatable bonds is 29. The number of benzene rings is 1. The van der Waals surface area contributed by atoms with Crippen LogP contribution >= 0.6 is 23.2 Å². The first-order valence-electron chi connectivity index (χ1n) is 18.3. The van der Waals surface area contributed by atoms with E-state index in [1.165, 1.54) is 13.8 Å². The highest BCUT2D eigenvalue weighted by atomic mass is 35.5. The number of aliphatic hydroxyl groups is 2. The van der Waals surface area contributed by atoms with E-state index in [0.717, 1.165) is 0 Å². The number of hydrogen-bond donors (Lipinski definition) is 2. The number of esters is 3. The standard InChI is InChI=1S/C37H52Cl2O20/c1-36(30(43)49-16-6-12-38,23-56-32(45)51-18-8-14-40)25-58-34(47)54-21-28(29(42)53-20-27-10-4-3-5-11-27)22-55-35(48)59-26-37(2,31(44)50-17-7-13-39)24-57-33(46)52-19-9-15-41/h3-5,10-11,28,40-41H,6-9,12-26H2,1-2H3. The molecule has 2 atom stereocenters. The number of hydrogen-bond acceptors (Lipinski definition) is 20. The molecule has 0 saturated heterocycles. The summed E-state index contributed by atoms with van der Waals surface area (Å²) in [4.78, 5) is 88.3. The zero-order chi connectivity index (χ0) is 43.9. The molecule has 334 valence electrons. The van der Waals surface area contributed by atoms with Gasteiger partial charge >= 0.3 is 42.5 Å². The van der Waals surface area contributed by atoms with Crippen molar-refractivity contribution >= 4 is 65.7 Å². The van der Waals surface area contributed by atoms with Crippen molar-refractivity contribution in [2.75, 3.05) is 91.0 Å². The van der Waals surface area contributed by atoms with Gasteiger partial charge in [-0.3, -0.25) is 14.4 Å². The molecule has 0 aromatic heterocycles. The van der Waals surface area contributed by atoms with E-state index in [-0.39, 0.29) is 70.8 Å². The highest BCUT2D eigenvalue weighted by Crippen LogP contribution is 2.23. The van der Waals surface area contributed by atoms with E-state index in [1.54, 1.807) is 30.3 Å². The molecule has 22 heteroatoms. The topological polar surface area (TPSA) is 261 Å². The van der Waals surface area contributed by atoms with Gasteiger partial charge in [-0.05, 0) is 32.3 Å². The first-order chi connectivity index (χ1) is 28.2. The van der Waals surface area contributed by atoms with Gasteiger partial charge in [0.05, 0.1) is 26.4 Å². The second kappa shape index (κ2) is 30.3. The summed E-state index contributed by atoms with van der Waals surface area (Å²) in [5.41, 5.74) is -2.93. The summed E-state index contributed by atoms with van der Waals surface area (Å²) in [6.07, 6.45) is -4.23. The molecule has 0 amide bonds. The minimum absolute atomic E-state index is 0.0923. The predicted octanol–water partition coefficient (Wildman–Crippen LogP) is 4.08. The molecule has 2 N–H and O–H groups in total. The molecule has 0 aliphatic rings. The first kappa shape index (κ1) is 52.2. The molecule has 0 saturated carbocycles. The van der Waals surface area contributed by atoms with Gasteiger partial charge in [-0.2, -0.15) is 0 Å². The maximum absolute atomic E-state index is 13.1. The fourth-order valence-corrected chi connectivity index (χ4v) is 4.17. The lowest BCUT2D eigenvalue weighted by atomic mass is 9.93. The number of halogens is 2. The van der Waals surface area contributed by atoms with Crippen LogP contribution in [0.1, 0.15) is 45.1 Å². The largest absolute Gasteiger partial charge is 0.508 e. The summed E-state index contributed by atoms with van der Waals surface area (Å²) in [5, 5.41) is 17.7. The molecule has 0 aliphatic carbocycles. The Morgan fingerprint density at radius 3 is 1.27 bits per heavy atom. The van der Waals surface area contributed by atoms with Crippen LogP contribution in [0.3, 0.4) is 0 Å². The third kappa shape index (κ3) is 22.8. The summed E-state index contributed by atoms with van der Waals surface area (Å²) < 4.78 is 55.6. The Morgan fingerprint density at radius 1 is 0.525 bits per heavy atom. The predicted molar refractivity (Wildman–Crippen MR) is 201 cm³/mol. The van der Waals surface area contributed by atoms with E-state index < -0.39 is 98.9 Å². The second-order valence-electron chi connectivity index (χ2n) is 12.9. The third-order valence-electron chi connectivity index (χ3n) is 7.45. The Kier molecular flexibility index (Phi) is 26.8. The van der Waals surface area contributed by atoms with Crippen molar-refractivity contribution in [3.8, 4) is 0 Å². The summed E-state index contributed by atoms with van der Waals surface area (Å²) in [6, 6.07) is 8.51. The summed E-state index contributed by atoms with van der Waals surface area (Å²) in [5.74, 6) is -3.92. The number of carbonyl (C=O) groups excluding carboxylic acids is 7. The normalized spacial score (nSPS) is 13.2. The molecule has 2 unspecified atom stereocenters. The Labute approximate surface area is 350 Å². The molecule has 20 nitrogen and oxygen atoms in total. The smallest absolute Gasteiger partial charge is 0.465 e. The highest BCUT2D eigenvalue weighted by Gasteiger charge is 2.41. The van der Waals surface area contributed by atoms with Gasteiger partial charge in [-0.25, -0.2) is 19.2 Å².